The topological polar surface area (TPSA) is 79.9 Å². The van der Waals surface area contributed by atoms with Gasteiger partial charge in [-0.2, -0.15) is 0 Å². The molecule has 0 radical (unpaired) electrons. The van der Waals surface area contributed by atoms with E-state index >= 15 is 0 Å². The van der Waals surface area contributed by atoms with Crippen LogP contribution in [0.2, 0.25) is 0 Å². The number of nitrogens with one attached hydrogen (secondary N) is 2. The summed E-state index contributed by atoms with van der Waals surface area (Å²) < 4.78 is 5.30. The van der Waals surface area contributed by atoms with Gasteiger partial charge in [-0.25, -0.2) is 9.97 Å². The van der Waals surface area contributed by atoms with E-state index in [-0.39, 0.29) is 11.8 Å². The van der Waals surface area contributed by atoms with Crippen molar-refractivity contribution in [3.63, 3.8) is 0 Å². The normalized spacial score (nSPS) is 16.9. The van der Waals surface area contributed by atoms with Crippen LogP contribution < -0.4 is 10.1 Å². The molecule has 0 spiro atoms. The molecule has 0 unspecified atom stereocenters. The van der Waals surface area contributed by atoms with Gasteiger partial charge in [0, 0.05) is 36.8 Å². The highest BCUT2D eigenvalue weighted by Crippen LogP contribution is 2.23. The van der Waals surface area contributed by atoms with Crippen LogP contribution >= 0.6 is 0 Å². The van der Waals surface area contributed by atoms with Crippen molar-refractivity contribution in [3.05, 3.63) is 41.6 Å². The number of nitrogens with zero attached hydrogens (tertiary/aromatic N) is 2. The molecule has 0 fully saturated rings. The zero-order chi connectivity index (χ0) is 15.4. The predicted molar refractivity (Wildman–Crippen MR) is 81.4 cm³/mol. The van der Waals surface area contributed by atoms with Crippen molar-refractivity contribution in [2.24, 2.45) is 5.92 Å². The molecule has 6 nitrogen and oxygen atoms in total. The van der Waals surface area contributed by atoms with Gasteiger partial charge in [-0.05, 0) is 25.3 Å². The number of aromatic nitrogens is 3. The number of H-pyrrole nitrogens is 1. The van der Waals surface area contributed by atoms with Crippen molar-refractivity contribution < 1.29 is 9.53 Å². The van der Waals surface area contributed by atoms with Gasteiger partial charge >= 0.3 is 0 Å². The van der Waals surface area contributed by atoms with E-state index in [4.69, 9.17) is 4.74 Å². The maximum absolute atomic E-state index is 12.3. The van der Waals surface area contributed by atoms with Gasteiger partial charge in [0.2, 0.25) is 11.8 Å². The Morgan fingerprint density at radius 3 is 3.14 bits per heavy atom. The number of ether oxygens (including phenoxy) is 1. The lowest BCUT2D eigenvalue weighted by Gasteiger charge is -2.20. The van der Waals surface area contributed by atoms with E-state index in [1.54, 1.807) is 12.5 Å². The first kappa shape index (κ1) is 14.6. The molecule has 2 heterocycles. The molecule has 0 saturated heterocycles. The maximum Gasteiger partial charge on any atom is 0.223 e. The monoisotopic (exact) mass is 300 g/mol. The summed E-state index contributed by atoms with van der Waals surface area (Å²) in [4.78, 5) is 23.9. The predicted octanol–water partition coefficient (Wildman–Crippen LogP) is 1.62. The van der Waals surface area contributed by atoms with Gasteiger partial charge in [-0.1, -0.05) is 6.07 Å². The minimum absolute atomic E-state index is 0.0172. The highest BCUT2D eigenvalue weighted by Gasteiger charge is 2.25. The second-order valence-electron chi connectivity index (χ2n) is 5.42. The van der Waals surface area contributed by atoms with E-state index in [0.29, 0.717) is 19.0 Å². The van der Waals surface area contributed by atoms with Gasteiger partial charge in [0.25, 0.3) is 0 Å². The molecule has 2 aromatic heterocycles. The fourth-order valence-corrected chi connectivity index (χ4v) is 2.71. The van der Waals surface area contributed by atoms with Crippen molar-refractivity contribution in [2.45, 2.75) is 32.7 Å². The minimum atomic E-state index is 0.0172. The van der Waals surface area contributed by atoms with Crippen molar-refractivity contribution in [2.75, 3.05) is 6.61 Å². The van der Waals surface area contributed by atoms with Crippen LogP contribution in [0, 0.1) is 5.92 Å². The van der Waals surface area contributed by atoms with E-state index in [9.17, 15) is 4.79 Å². The average Bonchev–Trinajstić information content (AvgIpc) is 3.01. The van der Waals surface area contributed by atoms with Crippen LogP contribution in [-0.2, 0) is 24.2 Å². The fourth-order valence-electron chi connectivity index (χ4n) is 2.71. The summed E-state index contributed by atoms with van der Waals surface area (Å²) in [5.74, 6) is 0.717. The number of hydrogen-bond acceptors (Lipinski definition) is 4. The minimum Gasteiger partial charge on any atom is -0.478 e. The van der Waals surface area contributed by atoms with Crippen LogP contribution in [0.25, 0.3) is 0 Å². The van der Waals surface area contributed by atoms with Crippen LogP contribution in [-0.4, -0.2) is 27.5 Å². The molecule has 1 amide bonds. The Bertz CT molecular complexity index is 636. The maximum atomic E-state index is 12.3. The Labute approximate surface area is 129 Å². The van der Waals surface area contributed by atoms with Crippen molar-refractivity contribution >= 4 is 5.91 Å². The average molecular weight is 300 g/mol. The van der Waals surface area contributed by atoms with E-state index in [1.165, 1.54) is 0 Å². The molecule has 1 atom stereocenters. The molecule has 0 aliphatic heterocycles. The first-order chi connectivity index (χ1) is 10.8. The molecule has 3 rings (SSSR count). The second-order valence-corrected chi connectivity index (χ2v) is 5.42. The first-order valence-electron chi connectivity index (χ1n) is 7.63. The SMILES string of the molecule is CCOc1ccc(CNC(=O)[C@H]2CCc3nc[nH]c3C2)cn1. The van der Waals surface area contributed by atoms with Gasteiger partial charge in [0.1, 0.15) is 0 Å². The summed E-state index contributed by atoms with van der Waals surface area (Å²) in [5.41, 5.74) is 3.16. The number of amides is 1. The lowest BCUT2D eigenvalue weighted by Crippen LogP contribution is -2.33. The summed E-state index contributed by atoms with van der Waals surface area (Å²) in [6, 6.07) is 3.74. The van der Waals surface area contributed by atoms with Crippen molar-refractivity contribution in [1.82, 2.24) is 20.3 Å². The summed E-state index contributed by atoms with van der Waals surface area (Å²) >= 11 is 0. The van der Waals surface area contributed by atoms with Crippen LogP contribution in [0.15, 0.2) is 24.7 Å². The van der Waals surface area contributed by atoms with Crippen molar-refractivity contribution in [3.8, 4) is 5.88 Å². The molecule has 2 N–H and O–H groups in total. The zero-order valence-electron chi connectivity index (χ0n) is 12.6. The van der Waals surface area contributed by atoms with E-state index < -0.39 is 0 Å². The highest BCUT2D eigenvalue weighted by molar-refractivity contribution is 5.79. The molecule has 0 saturated carbocycles. The number of imidazole rings is 1. The largest absolute Gasteiger partial charge is 0.478 e. The molecule has 116 valence electrons. The number of rotatable bonds is 5. The quantitative estimate of drug-likeness (QED) is 0.879. The number of aromatic amines is 1. The third-order valence-electron chi connectivity index (χ3n) is 3.91. The van der Waals surface area contributed by atoms with E-state index in [2.05, 4.69) is 20.3 Å². The lowest BCUT2D eigenvalue weighted by molar-refractivity contribution is -0.125. The molecule has 2 aromatic rings. The summed E-state index contributed by atoms with van der Waals surface area (Å²) in [6.07, 6.45) is 5.89. The Morgan fingerprint density at radius 2 is 2.36 bits per heavy atom. The van der Waals surface area contributed by atoms with Gasteiger partial charge in [-0.3, -0.25) is 4.79 Å². The van der Waals surface area contributed by atoms with Crippen LogP contribution in [0.3, 0.4) is 0 Å². The number of fused-ring (bicyclic) bond motifs is 1. The van der Waals surface area contributed by atoms with Gasteiger partial charge in [-0.15, -0.1) is 0 Å². The standard InChI is InChI=1S/C16H20N4O2/c1-2-22-15-6-3-11(8-17-15)9-18-16(21)12-4-5-13-14(7-12)20-10-19-13/h3,6,8,10,12H,2,4-5,7,9H2,1H3,(H,18,21)(H,19,20)/t12-/m0/s1. The van der Waals surface area contributed by atoms with Crippen LogP contribution in [0.1, 0.15) is 30.3 Å². The Balaban J connectivity index is 1.52. The van der Waals surface area contributed by atoms with Gasteiger partial charge < -0.3 is 15.0 Å². The molecule has 22 heavy (non-hydrogen) atoms. The summed E-state index contributed by atoms with van der Waals surface area (Å²) in [5, 5.41) is 2.99. The van der Waals surface area contributed by atoms with Gasteiger partial charge in [0.15, 0.2) is 0 Å². The molecule has 0 bridgehead atoms. The number of pyridine rings is 1. The molecule has 1 aliphatic rings. The zero-order valence-corrected chi connectivity index (χ0v) is 12.6. The summed E-state index contributed by atoms with van der Waals surface area (Å²) in [7, 11) is 0. The van der Waals surface area contributed by atoms with Crippen molar-refractivity contribution in [1.29, 1.82) is 0 Å². The highest BCUT2D eigenvalue weighted by atomic mass is 16.5. The van der Waals surface area contributed by atoms with Gasteiger partial charge in [0.05, 0.1) is 18.6 Å². The molecule has 6 heteroatoms. The number of carbonyl (C=O) groups excluding carboxylic acids is 1. The van der Waals surface area contributed by atoms with Crippen LogP contribution in [0.4, 0.5) is 0 Å². The smallest absolute Gasteiger partial charge is 0.223 e. The third-order valence-corrected chi connectivity index (χ3v) is 3.91. The Hall–Kier alpha value is -2.37. The fraction of sp³-hybridized carbons (Fsp3) is 0.438. The third kappa shape index (κ3) is 3.27. The Kier molecular flexibility index (Phi) is 4.37. The number of hydrogen-bond donors (Lipinski definition) is 2. The number of carbonyl (C=O) groups is 1. The Morgan fingerprint density at radius 1 is 1.45 bits per heavy atom. The molecule has 1 aliphatic carbocycles. The molecular formula is C16H20N4O2. The lowest BCUT2D eigenvalue weighted by atomic mass is 9.89. The second kappa shape index (κ2) is 6.60. The molecule has 0 aromatic carbocycles. The summed E-state index contributed by atoms with van der Waals surface area (Å²) in [6.45, 7) is 3.01. The van der Waals surface area contributed by atoms with E-state index in [0.717, 1.165) is 36.2 Å². The number of aryl methyl sites for hydroxylation is 1. The first-order valence-corrected chi connectivity index (χ1v) is 7.63. The molecular weight excluding hydrogens is 280 g/mol. The van der Waals surface area contributed by atoms with Crippen LogP contribution in [0.5, 0.6) is 5.88 Å². The van der Waals surface area contributed by atoms with E-state index in [1.807, 2.05) is 19.1 Å².